The molecular formula is C25H43N3O7. The summed E-state index contributed by atoms with van der Waals surface area (Å²) < 4.78 is 10.2. The highest BCUT2D eigenvalue weighted by molar-refractivity contribution is 5.85. The molecule has 1 rings (SSSR count). The number of piperazine rings is 1. The molecule has 0 saturated carbocycles. The number of hydrogen-bond acceptors (Lipinski definition) is 7. The molecule has 1 aliphatic heterocycles. The minimum Gasteiger partial charge on any atom is -0.465 e. The number of ether oxygens (including phenoxy) is 2. The van der Waals surface area contributed by atoms with E-state index in [0.717, 1.165) is 19.3 Å². The van der Waals surface area contributed by atoms with E-state index in [1.807, 2.05) is 4.90 Å². The van der Waals surface area contributed by atoms with E-state index in [4.69, 9.17) is 9.47 Å². The van der Waals surface area contributed by atoms with E-state index in [0.29, 0.717) is 32.6 Å². The van der Waals surface area contributed by atoms with Crippen LogP contribution >= 0.6 is 0 Å². The van der Waals surface area contributed by atoms with E-state index >= 15 is 0 Å². The van der Waals surface area contributed by atoms with Gasteiger partial charge in [0.25, 0.3) is 5.91 Å². The second kappa shape index (κ2) is 15.4. The molecule has 0 radical (unpaired) electrons. The molecule has 1 fully saturated rings. The molecule has 10 nitrogen and oxygen atoms in total. The summed E-state index contributed by atoms with van der Waals surface area (Å²) in [5.74, 6) is -1.65. The average molecular weight is 498 g/mol. The minimum absolute atomic E-state index is 0.0793. The van der Waals surface area contributed by atoms with Crippen molar-refractivity contribution in [1.29, 1.82) is 0 Å². The first-order valence-corrected chi connectivity index (χ1v) is 12.6. The molecule has 0 bridgehead atoms. The first-order valence-electron chi connectivity index (χ1n) is 12.6. The maximum atomic E-state index is 12.7. The molecule has 0 aromatic rings. The quantitative estimate of drug-likeness (QED) is 0.288. The van der Waals surface area contributed by atoms with Crippen LogP contribution in [0.2, 0.25) is 0 Å². The van der Waals surface area contributed by atoms with Crippen molar-refractivity contribution in [2.75, 3.05) is 39.3 Å². The average Bonchev–Trinajstić information content (AvgIpc) is 2.80. The number of esters is 2. The van der Waals surface area contributed by atoms with Gasteiger partial charge in [-0.25, -0.2) is 0 Å². The highest BCUT2D eigenvalue weighted by Crippen LogP contribution is 2.25. The number of rotatable bonds is 14. The molecule has 0 spiro atoms. The normalized spacial score (nSPS) is 14.8. The predicted molar refractivity (Wildman–Crippen MR) is 130 cm³/mol. The fourth-order valence-corrected chi connectivity index (χ4v) is 3.88. The number of carbonyl (C=O) groups is 5. The molecule has 0 aromatic heterocycles. The van der Waals surface area contributed by atoms with Gasteiger partial charge in [0, 0.05) is 64.8 Å². The van der Waals surface area contributed by atoms with Gasteiger partial charge in [0.05, 0.1) is 0 Å². The van der Waals surface area contributed by atoms with Gasteiger partial charge in [0.2, 0.25) is 11.8 Å². The van der Waals surface area contributed by atoms with Gasteiger partial charge in [0.1, 0.15) is 6.61 Å². The zero-order valence-electron chi connectivity index (χ0n) is 22.0. The first kappa shape index (κ1) is 30.4. The van der Waals surface area contributed by atoms with Crippen molar-refractivity contribution in [1.82, 2.24) is 15.1 Å². The molecule has 35 heavy (non-hydrogen) atoms. The van der Waals surface area contributed by atoms with Crippen molar-refractivity contribution in [2.24, 2.45) is 5.41 Å². The zero-order valence-corrected chi connectivity index (χ0v) is 22.0. The van der Waals surface area contributed by atoms with Crippen molar-refractivity contribution in [2.45, 2.75) is 85.7 Å². The van der Waals surface area contributed by atoms with Crippen LogP contribution in [0.3, 0.4) is 0 Å². The van der Waals surface area contributed by atoms with Crippen LogP contribution in [-0.4, -0.2) is 84.9 Å². The summed E-state index contributed by atoms with van der Waals surface area (Å²) in [6.45, 7) is 9.88. The van der Waals surface area contributed by atoms with Gasteiger partial charge in [-0.1, -0.05) is 46.5 Å². The molecule has 1 saturated heterocycles. The maximum Gasteiger partial charge on any atom is 0.303 e. The molecule has 0 aromatic carbocycles. The fraction of sp³-hybridized carbons (Fsp3) is 0.800. The minimum atomic E-state index is -1.18. The number of carbonyl (C=O) groups excluding carboxylic acids is 5. The molecule has 1 N–H and O–H groups in total. The lowest BCUT2D eigenvalue weighted by atomic mass is 9.86. The summed E-state index contributed by atoms with van der Waals surface area (Å²) >= 11 is 0. The van der Waals surface area contributed by atoms with Crippen LogP contribution < -0.4 is 5.32 Å². The maximum absolute atomic E-state index is 12.7. The number of nitrogens with zero attached hydrogens (tertiary/aromatic N) is 2. The standard InChI is InChI=1S/C25H43N3O7/c1-6-7-8-9-10-11-21(31)27-14-16-28(17-15-27)22(32)12-13-26-24(33)23(35-20(3)30)25(4,5)18-34-19(2)29/h23H,6-18H2,1-5H3,(H,26,33). The summed E-state index contributed by atoms with van der Waals surface area (Å²) in [5.41, 5.74) is -0.954. The summed E-state index contributed by atoms with van der Waals surface area (Å²) in [7, 11) is 0. The van der Waals surface area contributed by atoms with Gasteiger partial charge in [-0.3, -0.25) is 24.0 Å². The van der Waals surface area contributed by atoms with Crippen molar-refractivity contribution in [3.8, 4) is 0 Å². The Kier molecular flexibility index (Phi) is 13.3. The second-order valence-corrected chi connectivity index (χ2v) is 9.73. The van der Waals surface area contributed by atoms with E-state index in [2.05, 4.69) is 12.2 Å². The Bertz CT molecular complexity index is 731. The van der Waals surface area contributed by atoms with Gasteiger partial charge in [-0.05, 0) is 6.42 Å². The highest BCUT2D eigenvalue weighted by atomic mass is 16.6. The molecule has 3 amide bonds. The van der Waals surface area contributed by atoms with E-state index < -0.39 is 29.4 Å². The van der Waals surface area contributed by atoms with E-state index in [1.165, 1.54) is 26.7 Å². The molecule has 1 heterocycles. The summed E-state index contributed by atoms with van der Waals surface area (Å²) in [4.78, 5) is 63.8. The molecule has 10 heteroatoms. The Morgan fingerprint density at radius 2 is 1.37 bits per heavy atom. The number of hydrogen-bond donors (Lipinski definition) is 1. The number of amides is 3. The van der Waals surface area contributed by atoms with E-state index in [1.54, 1.807) is 18.7 Å². The Morgan fingerprint density at radius 3 is 1.89 bits per heavy atom. The van der Waals surface area contributed by atoms with Crippen LogP contribution in [-0.2, 0) is 33.4 Å². The Hall–Kier alpha value is -2.65. The summed E-state index contributed by atoms with van der Waals surface area (Å²) in [6.07, 6.45) is 4.99. The predicted octanol–water partition coefficient (Wildman–Crippen LogP) is 2.05. The van der Waals surface area contributed by atoms with E-state index in [-0.39, 0.29) is 31.4 Å². The topological polar surface area (TPSA) is 122 Å². The van der Waals surface area contributed by atoms with Crippen LogP contribution in [0, 0.1) is 5.41 Å². The smallest absolute Gasteiger partial charge is 0.303 e. The first-order chi connectivity index (χ1) is 16.5. The third-order valence-electron chi connectivity index (χ3n) is 6.00. The molecule has 1 unspecified atom stereocenters. The summed E-state index contributed by atoms with van der Waals surface area (Å²) in [6, 6.07) is 0. The lowest BCUT2D eigenvalue weighted by Gasteiger charge is -2.35. The van der Waals surface area contributed by atoms with Gasteiger partial charge in [0.15, 0.2) is 6.10 Å². The van der Waals surface area contributed by atoms with Crippen molar-refractivity contribution >= 4 is 29.7 Å². The lowest BCUT2D eigenvalue weighted by Crippen LogP contribution is -2.51. The van der Waals surface area contributed by atoms with Crippen LogP contribution in [0.25, 0.3) is 0 Å². The Labute approximate surface area is 209 Å². The van der Waals surface area contributed by atoms with Crippen LogP contribution in [0.4, 0.5) is 0 Å². The third kappa shape index (κ3) is 11.6. The SMILES string of the molecule is CCCCCCCC(=O)N1CCN(C(=O)CCNC(=O)C(OC(C)=O)C(C)(C)COC(C)=O)CC1. The zero-order chi connectivity index (χ0) is 26.4. The molecular weight excluding hydrogens is 454 g/mol. The summed E-state index contributed by atoms with van der Waals surface area (Å²) in [5, 5.41) is 2.65. The molecule has 0 aliphatic carbocycles. The Balaban J connectivity index is 2.44. The van der Waals surface area contributed by atoms with Gasteiger partial charge in [-0.2, -0.15) is 0 Å². The van der Waals surface area contributed by atoms with Gasteiger partial charge in [-0.15, -0.1) is 0 Å². The van der Waals surface area contributed by atoms with Gasteiger partial charge < -0.3 is 24.6 Å². The monoisotopic (exact) mass is 497 g/mol. The van der Waals surface area contributed by atoms with Crippen LogP contribution in [0.1, 0.15) is 79.6 Å². The lowest BCUT2D eigenvalue weighted by molar-refractivity contribution is -0.166. The van der Waals surface area contributed by atoms with Crippen LogP contribution in [0.15, 0.2) is 0 Å². The Morgan fingerprint density at radius 1 is 0.829 bits per heavy atom. The molecule has 200 valence electrons. The number of unbranched alkanes of at least 4 members (excludes halogenated alkanes) is 4. The van der Waals surface area contributed by atoms with Crippen LogP contribution in [0.5, 0.6) is 0 Å². The van der Waals surface area contributed by atoms with Gasteiger partial charge >= 0.3 is 11.9 Å². The van der Waals surface area contributed by atoms with Crippen molar-refractivity contribution in [3.05, 3.63) is 0 Å². The highest BCUT2D eigenvalue weighted by Gasteiger charge is 2.39. The third-order valence-corrected chi connectivity index (χ3v) is 6.00. The number of nitrogens with one attached hydrogen (secondary N) is 1. The molecule has 1 aliphatic rings. The second-order valence-electron chi connectivity index (χ2n) is 9.73. The molecule has 1 atom stereocenters. The largest absolute Gasteiger partial charge is 0.465 e. The van der Waals surface area contributed by atoms with Crippen molar-refractivity contribution in [3.63, 3.8) is 0 Å². The van der Waals surface area contributed by atoms with E-state index in [9.17, 15) is 24.0 Å². The fourth-order valence-electron chi connectivity index (χ4n) is 3.88. The van der Waals surface area contributed by atoms with Crippen molar-refractivity contribution < 1.29 is 33.4 Å².